The van der Waals surface area contributed by atoms with E-state index in [4.69, 9.17) is 5.11 Å². The third kappa shape index (κ3) is 7.87. The first-order valence-electron chi connectivity index (χ1n) is 2.53. The number of carbonyl (C=O) groups is 2. The Bertz CT molecular complexity index is 107. The summed E-state index contributed by atoms with van der Waals surface area (Å²) < 4.78 is 0.0221. The molecule has 0 saturated carbocycles. The highest BCUT2D eigenvalue weighted by atomic mass is 127. The Labute approximate surface area is 66.6 Å². The van der Waals surface area contributed by atoms with Crippen LogP contribution in [0.4, 0.5) is 0 Å². The summed E-state index contributed by atoms with van der Waals surface area (Å²) in [5.74, 6) is -0.840. The number of carbonyl (C=O) groups excluding carboxylic acids is 1. The summed E-state index contributed by atoms with van der Waals surface area (Å²) in [4.78, 5) is 20.1. The number of hydrogen-bond donors (Lipinski definition) is 1. The first kappa shape index (κ1) is 8.87. The molecule has 0 amide bonds. The minimum atomic E-state index is -0.840. The van der Waals surface area contributed by atoms with E-state index in [1.54, 1.807) is 22.6 Å². The molecular formula is C5H7IO3. The Morgan fingerprint density at radius 2 is 1.89 bits per heavy atom. The lowest BCUT2D eigenvalue weighted by Gasteiger charge is -1.88. The molecule has 0 aliphatic heterocycles. The number of carboxylic acids is 1. The lowest BCUT2D eigenvalue weighted by Crippen LogP contribution is -1.95. The summed E-state index contributed by atoms with van der Waals surface area (Å²) in [5.41, 5.74) is 0. The lowest BCUT2D eigenvalue weighted by molar-refractivity contribution is -0.137. The van der Waals surface area contributed by atoms with Gasteiger partial charge in [-0.1, -0.05) is 0 Å². The van der Waals surface area contributed by atoms with Crippen LogP contribution in [0.3, 0.4) is 0 Å². The molecule has 0 bridgehead atoms. The van der Waals surface area contributed by atoms with Crippen molar-refractivity contribution in [3.05, 3.63) is 0 Å². The van der Waals surface area contributed by atoms with Crippen LogP contribution in [0.25, 0.3) is 0 Å². The number of halogens is 1. The summed E-state index contributed by atoms with van der Waals surface area (Å²) in [6.45, 7) is 0. The van der Waals surface area contributed by atoms with Gasteiger partial charge < -0.3 is 5.11 Å². The zero-order chi connectivity index (χ0) is 7.28. The topological polar surface area (TPSA) is 54.4 Å². The van der Waals surface area contributed by atoms with Crippen LogP contribution in [-0.2, 0) is 9.59 Å². The molecule has 3 nitrogen and oxygen atoms in total. The SMILES string of the molecule is O=C(O)CCCC(=O)I. The third-order valence-corrected chi connectivity index (χ3v) is 1.30. The zero-order valence-corrected chi connectivity index (χ0v) is 6.92. The first-order chi connectivity index (χ1) is 4.13. The van der Waals surface area contributed by atoms with E-state index in [0.717, 1.165) is 0 Å². The summed E-state index contributed by atoms with van der Waals surface area (Å²) in [6.07, 6.45) is 0.915. The third-order valence-electron chi connectivity index (χ3n) is 0.764. The van der Waals surface area contributed by atoms with Gasteiger partial charge in [-0.05, 0) is 29.0 Å². The number of hydrogen-bond acceptors (Lipinski definition) is 2. The minimum Gasteiger partial charge on any atom is -0.481 e. The van der Waals surface area contributed by atoms with Crippen molar-refractivity contribution in [2.45, 2.75) is 19.3 Å². The second-order valence-corrected chi connectivity index (χ2v) is 2.81. The van der Waals surface area contributed by atoms with Crippen LogP contribution < -0.4 is 0 Å². The zero-order valence-electron chi connectivity index (χ0n) is 4.76. The average molecular weight is 242 g/mol. The number of aliphatic carboxylic acids is 1. The van der Waals surface area contributed by atoms with E-state index in [1.165, 1.54) is 0 Å². The second kappa shape index (κ2) is 4.72. The van der Waals surface area contributed by atoms with Gasteiger partial charge in [0.05, 0.1) is 0 Å². The molecule has 0 saturated heterocycles. The fraction of sp³-hybridized carbons (Fsp3) is 0.600. The van der Waals surface area contributed by atoms with Crippen LogP contribution in [-0.4, -0.2) is 14.9 Å². The van der Waals surface area contributed by atoms with Crippen molar-refractivity contribution in [3.63, 3.8) is 0 Å². The van der Waals surface area contributed by atoms with Crippen LogP contribution in [0.1, 0.15) is 19.3 Å². The molecular weight excluding hydrogens is 235 g/mol. The van der Waals surface area contributed by atoms with Gasteiger partial charge in [-0.15, -0.1) is 0 Å². The normalized spacial score (nSPS) is 9.00. The molecule has 0 aromatic rings. The molecule has 0 radical (unpaired) electrons. The Kier molecular flexibility index (Phi) is 4.65. The van der Waals surface area contributed by atoms with Gasteiger partial charge in [0.25, 0.3) is 0 Å². The van der Waals surface area contributed by atoms with Gasteiger partial charge >= 0.3 is 5.97 Å². The average Bonchev–Trinajstić information content (AvgIpc) is 1.63. The van der Waals surface area contributed by atoms with Gasteiger partial charge in [0, 0.05) is 12.8 Å². The lowest BCUT2D eigenvalue weighted by atomic mass is 10.2. The largest absolute Gasteiger partial charge is 0.481 e. The Morgan fingerprint density at radius 3 is 2.22 bits per heavy atom. The van der Waals surface area contributed by atoms with E-state index in [2.05, 4.69) is 0 Å². The fourth-order valence-corrected chi connectivity index (χ4v) is 0.760. The molecule has 0 atom stereocenters. The van der Waals surface area contributed by atoms with Crippen LogP contribution in [0.5, 0.6) is 0 Å². The summed E-state index contributed by atoms with van der Waals surface area (Å²) in [7, 11) is 0. The summed E-state index contributed by atoms with van der Waals surface area (Å²) >= 11 is 1.66. The summed E-state index contributed by atoms with van der Waals surface area (Å²) in [6, 6.07) is 0. The van der Waals surface area contributed by atoms with Crippen molar-refractivity contribution in [1.29, 1.82) is 0 Å². The minimum absolute atomic E-state index is 0.0221. The molecule has 0 aliphatic rings. The predicted octanol–water partition coefficient (Wildman–Crippen LogP) is 1.20. The first-order valence-corrected chi connectivity index (χ1v) is 3.61. The van der Waals surface area contributed by atoms with E-state index >= 15 is 0 Å². The maximum absolute atomic E-state index is 10.2. The predicted molar refractivity (Wildman–Crippen MR) is 40.5 cm³/mol. The van der Waals surface area contributed by atoms with Crippen LogP contribution in [0.15, 0.2) is 0 Å². The molecule has 4 heteroatoms. The van der Waals surface area contributed by atoms with Gasteiger partial charge in [-0.25, -0.2) is 0 Å². The van der Waals surface area contributed by atoms with E-state index in [-0.39, 0.29) is 10.2 Å². The van der Waals surface area contributed by atoms with E-state index in [1.807, 2.05) is 0 Å². The Morgan fingerprint density at radius 1 is 1.33 bits per heavy atom. The Balaban J connectivity index is 3.10. The van der Waals surface area contributed by atoms with Crippen molar-refractivity contribution in [3.8, 4) is 0 Å². The molecule has 0 aromatic carbocycles. The monoisotopic (exact) mass is 242 g/mol. The quantitative estimate of drug-likeness (QED) is 0.595. The standard InChI is InChI=1S/C5H7IO3/c6-4(7)2-1-3-5(8)9/h1-3H2,(H,8,9). The molecule has 52 valence electrons. The molecule has 0 rings (SSSR count). The molecule has 0 fully saturated rings. The van der Waals surface area contributed by atoms with Gasteiger partial charge in [0.1, 0.15) is 0 Å². The van der Waals surface area contributed by atoms with Crippen LogP contribution >= 0.6 is 22.6 Å². The highest BCUT2D eigenvalue weighted by molar-refractivity contribution is 14.1. The maximum atomic E-state index is 10.2. The van der Waals surface area contributed by atoms with Crippen molar-refractivity contribution < 1.29 is 14.7 Å². The van der Waals surface area contributed by atoms with E-state index in [9.17, 15) is 9.59 Å². The van der Waals surface area contributed by atoms with Crippen molar-refractivity contribution in [1.82, 2.24) is 0 Å². The molecule has 9 heavy (non-hydrogen) atoms. The molecule has 0 heterocycles. The van der Waals surface area contributed by atoms with Crippen LogP contribution in [0, 0.1) is 0 Å². The van der Waals surface area contributed by atoms with Gasteiger partial charge in [-0.2, -0.15) is 0 Å². The van der Waals surface area contributed by atoms with Gasteiger partial charge in [-0.3, -0.25) is 9.59 Å². The van der Waals surface area contributed by atoms with Gasteiger partial charge in [0.15, 0.2) is 3.79 Å². The molecule has 0 aliphatic carbocycles. The smallest absolute Gasteiger partial charge is 0.303 e. The number of carboxylic acid groups (broad SMARTS) is 1. The summed E-state index contributed by atoms with van der Waals surface area (Å²) in [5, 5.41) is 8.11. The Hall–Kier alpha value is -0.130. The number of rotatable bonds is 4. The molecule has 1 N–H and O–H groups in total. The second-order valence-electron chi connectivity index (χ2n) is 1.60. The van der Waals surface area contributed by atoms with Crippen LogP contribution in [0.2, 0.25) is 0 Å². The highest BCUT2D eigenvalue weighted by Gasteiger charge is 1.98. The maximum Gasteiger partial charge on any atom is 0.303 e. The van der Waals surface area contributed by atoms with Crippen molar-refractivity contribution in [2.24, 2.45) is 0 Å². The van der Waals surface area contributed by atoms with Crippen molar-refractivity contribution in [2.75, 3.05) is 0 Å². The van der Waals surface area contributed by atoms with E-state index in [0.29, 0.717) is 12.8 Å². The van der Waals surface area contributed by atoms with E-state index < -0.39 is 5.97 Å². The molecule has 0 unspecified atom stereocenters. The fourth-order valence-electron chi connectivity index (χ4n) is 0.379. The molecule has 0 aromatic heterocycles. The highest BCUT2D eigenvalue weighted by Crippen LogP contribution is 2.00. The van der Waals surface area contributed by atoms with Gasteiger partial charge in [0.2, 0.25) is 0 Å². The molecule has 0 spiro atoms. The van der Waals surface area contributed by atoms with Crippen molar-refractivity contribution >= 4 is 32.4 Å².